The molecular weight excluding hydrogens is 194 g/mol. The van der Waals surface area contributed by atoms with Crippen LogP contribution in [0.25, 0.3) is 10.8 Å². The minimum absolute atomic E-state index is 1.09. The van der Waals surface area contributed by atoms with Crippen molar-refractivity contribution in [2.75, 3.05) is 12.4 Å². The zero-order valence-electron chi connectivity index (χ0n) is 10.7. The van der Waals surface area contributed by atoms with Crippen LogP contribution in [-0.4, -0.2) is 7.05 Å². The molecule has 16 heavy (non-hydrogen) atoms. The monoisotopic (exact) mass is 215 g/mol. The second-order valence-corrected chi connectivity index (χ2v) is 3.42. The molecule has 0 saturated carbocycles. The fourth-order valence-corrected chi connectivity index (χ4v) is 1.90. The summed E-state index contributed by atoms with van der Waals surface area (Å²) >= 11 is 0. The van der Waals surface area contributed by atoms with Gasteiger partial charge < -0.3 is 5.32 Å². The summed E-state index contributed by atoms with van der Waals surface area (Å²) in [5, 5.41) is 5.90. The van der Waals surface area contributed by atoms with Crippen LogP contribution in [0.15, 0.2) is 36.4 Å². The van der Waals surface area contributed by atoms with Crippen molar-refractivity contribution in [2.45, 2.75) is 27.2 Å². The third-order valence-electron chi connectivity index (χ3n) is 2.66. The van der Waals surface area contributed by atoms with Crippen LogP contribution in [0.1, 0.15) is 26.3 Å². The third-order valence-corrected chi connectivity index (χ3v) is 2.66. The standard InChI is InChI=1S/C13H15N.C2H6/c1-3-10-6-4-8-12-11(10)7-5-9-13(12)14-2;1-2/h4-9,14H,3H2,1-2H3;1-2H3. The van der Waals surface area contributed by atoms with Gasteiger partial charge >= 0.3 is 0 Å². The molecule has 0 bridgehead atoms. The lowest BCUT2D eigenvalue weighted by atomic mass is 10.0. The fraction of sp³-hybridized carbons (Fsp3) is 0.333. The Hall–Kier alpha value is -1.50. The lowest BCUT2D eigenvalue weighted by Gasteiger charge is -2.08. The first-order valence-corrected chi connectivity index (χ1v) is 6.05. The molecule has 0 aliphatic carbocycles. The Morgan fingerprint density at radius 1 is 0.938 bits per heavy atom. The van der Waals surface area contributed by atoms with E-state index >= 15 is 0 Å². The van der Waals surface area contributed by atoms with E-state index in [1.807, 2.05) is 20.9 Å². The highest BCUT2D eigenvalue weighted by Crippen LogP contribution is 2.25. The van der Waals surface area contributed by atoms with Crippen LogP contribution < -0.4 is 5.32 Å². The van der Waals surface area contributed by atoms with Crippen LogP contribution in [0.3, 0.4) is 0 Å². The van der Waals surface area contributed by atoms with Crippen molar-refractivity contribution in [1.82, 2.24) is 0 Å². The van der Waals surface area contributed by atoms with Gasteiger partial charge in [-0.2, -0.15) is 0 Å². The molecule has 0 amide bonds. The molecule has 1 heteroatoms. The van der Waals surface area contributed by atoms with Crippen LogP contribution in [-0.2, 0) is 6.42 Å². The van der Waals surface area contributed by atoms with Crippen molar-refractivity contribution in [2.24, 2.45) is 0 Å². The van der Waals surface area contributed by atoms with Gasteiger partial charge in [-0.15, -0.1) is 0 Å². The first kappa shape index (κ1) is 12.6. The summed E-state index contributed by atoms with van der Waals surface area (Å²) in [6, 6.07) is 12.9. The first-order chi connectivity index (χ1) is 7.86. The number of fused-ring (bicyclic) bond motifs is 1. The average molecular weight is 215 g/mol. The van der Waals surface area contributed by atoms with E-state index in [4.69, 9.17) is 0 Å². The van der Waals surface area contributed by atoms with E-state index in [1.165, 1.54) is 22.0 Å². The Labute approximate surface area is 98.5 Å². The van der Waals surface area contributed by atoms with Gasteiger partial charge in [-0.3, -0.25) is 0 Å². The van der Waals surface area contributed by atoms with Gasteiger partial charge in [-0.25, -0.2) is 0 Å². The Balaban J connectivity index is 0.000000606. The minimum Gasteiger partial charge on any atom is -0.388 e. The minimum atomic E-state index is 1.09. The van der Waals surface area contributed by atoms with Gasteiger partial charge in [-0.05, 0) is 23.4 Å². The van der Waals surface area contributed by atoms with Crippen molar-refractivity contribution in [3.8, 4) is 0 Å². The zero-order chi connectivity index (χ0) is 12.0. The van der Waals surface area contributed by atoms with E-state index in [2.05, 4.69) is 48.6 Å². The molecule has 0 heterocycles. The molecule has 86 valence electrons. The summed E-state index contributed by atoms with van der Waals surface area (Å²) in [6.07, 6.45) is 1.09. The van der Waals surface area contributed by atoms with Gasteiger partial charge in [-0.1, -0.05) is 51.1 Å². The number of hydrogen-bond acceptors (Lipinski definition) is 1. The third kappa shape index (κ3) is 2.35. The quantitative estimate of drug-likeness (QED) is 0.779. The van der Waals surface area contributed by atoms with Crippen LogP contribution >= 0.6 is 0 Å². The van der Waals surface area contributed by atoms with Crippen LogP contribution in [0.4, 0.5) is 5.69 Å². The molecule has 0 radical (unpaired) electrons. The lowest BCUT2D eigenvalue weighted by molar-refractivity contribution is 1.16. The largest absolute Gasteiger partial charge is 0.388 e. The molecule has 1 nitrogen and oxygen atoms in total. The smallest absolute Gasteiger partial charge is 0.0417 e. The Kier molecular flexibility index (Phi) is 4.84. The van der Waals surface area contributed by atoms with E-state index in [0.29, 0.717) is 0 Å². The predicted molar refractivity (Wildman–Crippen MR) is 74.2 cm³/mol. The summed E-state index contributed by atoms with van der Waals surface area (Å²) in [7, 11) is 1.97. The van der Waals surface area contributed by atoms with E-state index in [1.54, 1.807) is 0 Å². The summed E-state index contributed by atoms with van der Waals surface area (Å²) in [6.45, 7) is 6.20. The summed E-state index contributed by atoms with van der Waals surface area (Å²) in [5.41, 5.74) is 2.62. The highest BCUT2D eigenvalue weighted by molar-refractivity contribution is 5.95. The number of anilines is 1. The zero-order valence-corrected chi connectivity index (χ0v) is 10.7. The average Bonchev–Trinajstić information content (AvgIpc) is 2.39. The summed E-state index contributed by atoms with van der Waals surface area (Å²) < 4.78 is 0. The molecule has 0 aliphatic rings. The molecule has 0 spiro atoms. The summed E-state index contributed by atoms with van der Waals surface area (Å²) in [5.74, 6) is 0. The number of hydrogen-bond donors (Lipinski definition) is 1. The molecule has 2 rings (SSSR count). The molecule has 2 aromatic rings. The van der Waals surface area contributed by atoms with Crippen molar-refractivity contribution < 1.29 is 0 Å². The molecule has 0 aliphatic heterocycles. The van der Waals surface area contributed by atoms with E-state index in [9.17, 15) is 0 Å². The highest BCUT2D eigenvalue weighted by atomic mass is 14.8. The van der Waals surface area contributed by atoms with E-state index in [-0.39, 0.29) is 0 Å². The maximum atomic E-state index is 3.22. The number of benzene rings is 2. The molecule has 2 aromatic carbocycles. The number of nitrogens with one attached hydrogen (secondary N) is 1. The Bertz CT molecular complexity index is 403. The van der Waals surface area contributed by atoms with Gasteiger partial charge in [0.1, 0.15) is 0 Å². The van der Waals surface area contributed by atoms with Crippen LogP contribution in [0.2, 0.25) is 0 Å². The Morgan fingerprint density at radius 3 is 2.19 bits per heavy atom. The molecule has 1 N–H and O–H groups in total. The van der Waals surface area contributed by atoms with Gasteiger partial charge in [0.05, 0.1) is 0 Å². The maximum absolute atomic E-state index is 3.22. The normalized spacial score (nSPS) is 9.50. The fourth-order valence-electron chi connectivity index (χ4n) is 1.90. The molecular formula is C15H21N. The van der Waals surface area contributed by atoms with E-state index < -0.39 is 0 Å². The van der Waals surface area contributed by atoms with Gasteiger partial charge in [0.2, 0.25) is 0 Å². The van der Waals surface area contributed by atoms with Gasteiger partial charge in [0, 0.05) is 18.1 Å². The molecule has 0 aromatic heterocycles. The second-order valence-electron chi connectivity index (χ2n) is 3.42. The lowest BCUT2D eigenvalue weighted by Crippen LogP contribution is -1.90. The first-order valence-electron chi connectivity index (χ1n) is 6.05. The number of aryl methyl sites for hydroxylation is 1. The van der Waals surface area contributed by atoms with Crippen molar-refractivity contribution in [3.63, 3.8) is 0 Å². The van der Waals surface area contributed by atoms with E-state index in [0.717, 1.165) is 6.42 Å². The molecule has 0 atom stereocenters. The molecule has 0 fully saturated rings. The predicted octanol–water partition coefficient (Wildman–Crippen LogP) is 4.47. The Morgan fingerprint density at radius 2 is 1.56 bits per heavy atom. The van der Waals surface area contributed by atoms with Gasteiger partial charge in [0.15, 0.2) is 0 Å². The summed E-state index contributed by atoms with van der Waals surface area (Å²) in [4.78, 5) is 0. The SMILES string of the molecule is CC.CCc1cccc2c(NC)cccc12. The van der Waals surface area contributed by atoms with Crippen LogP contribution in [0.5, 0.6) is 0 Å². The molecule has 0 saturated heterocycles. The topological polar surface area (TPSA) is 12.0 Å². The van der Waals surface area contributed by atoms with Gasteiger partial charge in [0.25, 0.3) is 0 Å². The highest BCUT2D eigenvalue weighted by Gasteiger charge is 2.01. The second kappa shape index (κ2) is 6.16. The maximum Gasteiger partial charge on any atom is 0.0417 e. The van der Waals surface area contributed by atoms with Crippen molar-refractivity contribution >= 4 is 16.5 Å². The van der Waals surface area contributed by atoms with Crippen molar-refractivity contribution in [3.05, 3.63) is 42.0 Å². The number of rotatable bonds is 2. The van der Waals surface area contributed by atoms with Crippen LogP contribution in [0, 0.1) is 0 Å². The molecule has 0 unspecified atom stereocenters. The van der Waals surface area contributed by atoms with Crippen molar-refractivity contribution in [1.29, 1.82) is 0 Å².